The number of carbonyl (C=O) groups excluding carboxylic acids is 1. The van der Waals surface area contributed by atoms with Crippen LogP contribution in [-0.2, 0) is 4.79 Å². The van der Waals surface area contributed by atoms with Gasteiger partial charge in [0.05, 0.1) is 5.92 Å². The Hall–Kier alpha value is -0.790. The van der Waals surface area contributed by atoms with Gasteiger partial charge in [0.1, 0.15) is 12.0 Å². The molecule has 0 spiro atoms. The van der Waals surface area contributed by atoms with E-state index in [9.17, 15) is 9.90 Å². The van der Waals surface area contributed by atoms with Gasteiger partial charge in [0, 0.05) is 0 Å². The van der Waals surface area contributed by atoms with Crippen molar-refractivity contribution in [1.82, 2.24) is 0 Å². The summed E-state index contributed by atoms with van der Waals surface area (Å²) in [6, 6.07) is 0. The third kappa shape index (κ3) is 0.939. The molecular weight excluding hydrogens is 128 g/mol. The number of aliphatic hydroxyl groups is 1. The second-order valence-corrected chi connectivity index (χ2v) is 3.01. The summed E-state index contributed by atoms with van der Waals surface area (Å²) in [7, 11) is 0. The molecule has 1 N–H and O–H groups in total. The smallest absolute Gasteiger partial charge is 0.130 e. The fraction of sp³-hybridized carbons (Fsp3) is 0.625. The Bertz CT molecular complexity index is 182. The predicted molar refractivity (Wildman–Crippen MR) is 38.7 cm³/mol. The maximum absolute atomic E-state index is 10.4. The van der Waals surface area contributed by atoms with Crippen molar-refractivity contribution >= 4 is 6.29 Å². The maximum atomic E-state index is 10.4. The van der Waals surface area contributed by atoms with Crippen molar-refractivity contribution in [2.45, 2.75) is 20.3 Å². The molecule has 10 heavy (non-hydrogen) atoms. The van der Waals surface area contributed by atoms with Gasteiger partial charge in [0.25, 0.3) is 0 Å². The third-order valence-corrected chi connectivity index (χ3v) is 2.14. The lowest BCUT2D eigenvalue weighted by Crippen LogP contribution is -2.08. The van der Waals surface area contributed by atoms with Crippen molar-refractivity contribution in [3.05, 3.63) is 11.3 Å². The van der Waals surface area contributed by atoms with Crippen molar-refractivity contribution in [2.24, 2.45) is 11.8 Å². The normalized spacial score (nSPS) is 33.0. The maximum Gasteiger partial charge on any atom is 0.130 e. The van der Waals surface area contributed by atoms with Gasteiger partial charge in [0.15, 0.2) is 0 Å². The van der Waals surface area contributed by atoms with Gasteiger partial charge in [0.2, 0.25) is 0 Å². The number of aldehydes is 1. The molecule has 1 aliphatic carbocycles. The quantitative estimate of drug-likeness (QED) is 0.562. The van der Waals surface area contributed by atoms with Gasteiger partial charge in [-0.15, -0.1) is 0 Å². The minimum absolute atomic E-state index is 0.236. The van der Waals surface area contributed by atoms with Crippen LogP contribution in [0, 0.1) is 11.8 Å². The molecule has 56 valence electrons. The Morgan fingerprint density at radius 3 is 2.50 bits per heavy atom. The highest BCUT2D eigenvalue weighted by Gasteiger charge is 2.29. The van der Waals surface area contributed by atoms with Gasteiger partial charge in [-0.05, 0) is 24.8 Å². The first-order valence-electron chi connectivity index (χ1n) is 3.50. The average molecular weight is 140 g/mol. The van der Waals surface area contributed by atoms with E-state index in [1.54, 1.807) is 0 Å². The lowest BCUT2D eigenvalue weighted by molar-refractivity contribution is -0.111. The van der Waals surface area contributed by atoms with Gasteiger partial charge in [-0.1, -0.05) is 6.92 Å². The molecule has 0 saturated carbocycles. The van der Waals surface area contributed by atoms with Crippen LogP contribution in [0.2, 0.25) is 0 Å². The summed E-state index contributed by atoms with van der Waals surface area (Å²) >= 11 is 0. The summed E-state index contributed by atoms with van der Waals surface area (Å²) in [5.74, 6) is 0.347. The summed E-state index contributed by atoms with van der Waals surface area (Å²) in [5.41, 5.74) is 0.963. The lowest BCUT2D eigenvalue weighted by atomic mass is 9.98. The molecule has 2 unspecified atom stereocenters. The van der Waals surface area contributed by atoms with Gasteiger partial charge >= 0.3 is 0 Å². The van der Waals surface area contributed by atoms with Crippen molar-refractivity contribution in [3.8, 4) is 0 Å². The number of allylic oxidation sites excluding steroid dienone is 2. The van der Waals surface area contributed by atoms with Crippen LogP contribution < -0.4 is 0 Å². The van der Waals surface area contributed by atoms with Gasteiger partial charge in [-0.2, -0.15) is 0 Å². The second kappa shape index (κ2) is 2.45. The number of hydrogen-bond acceptors (Lipinski definition) is 2. The monoisotopic (exact) mass is 140 g/mol. The highest BCUT2D eigenvalue weighted by atomic mass is 16.3. The third-order valence-electron chi connectivity index (χ3n) is 2.14. The summed E-state index contributed by atoms with van der Waals surface area (Å²) in [6.07, 6.45) is 1.69. The standard InChI is InChI=1S/C8H12O2/c1-5-3-6(2)8(10)7(5)4-9/h4-5,7,10H,3H2,1-2H3. The predicted octanol–water partition coefficient (Wildman–Crippen LogP) is 1.67. The zero-order valence-electron chi connectivity index (χ0n) is 6.29. The molecule has 1 rings (SSSR count). The molecule has 0 radical (unpaired) electrons. The van der Waals surface area contributed by atoms with Crippen LogP contribution >= 0.6 is 0 Å². The van der Waals surface area contributed by atoms with E-state index in [1.807, 2.05) is 13.8 Å². The Labute approximate surface area is 60.6 Å². The number of aliphatic hydroxyl groups excluding tert-OH is 1. The average Bonchev–Trinajstić information content (AvgIpc) is 2.09. The fourth-order valence-corrected chi connectivity index (χ4v) is 1.47. The number of carbonyl (C=O) groups is 1. The van der Waals surface area contributed by atoms with E-state index in [0.29, 0.717) is 5.76 Å². The van der Waals surface area contributed by atoms with E-state index < -0.39 is 0 Å². The molecule has 0 aliphatic heterocycles. The van der Waals surface area contributed by atoms with E-state index in [0.717, 1.165) is 18.3 Å². The minimum atomic E-state index is -0.236. The second-order valence-electron chi connectivity index (χ2n) is 3.01. The van der Waals surface area contributed by atoms with Crippen LogP contribution in [0.5, 0.6) is 0 Å². The molecule has 2 heteroatoms. The molecule has 2 atom stereocenters. The van der Waals surface area contributed by atoms with E-state index in [-0.39, 0.29) is 11.8 Å². The van der Waals surface area contributed by atoms with E-state index >= 15 is 0 Å². The van der Waals surface area contributed by atoms with Crippen LogP contribution in [0.25, 0.3) is 0 Å². The Morgan fingerprint density at radius 2 is 2.30 bits per heavy atom. The summed E-state index contributed by atoms with van der Waals surface area (Å²) < 4.78 is 0. The van der Waals surface area contributed by atoms with Crippen molar-refractivity contribution in [1.29, 1.82) is 0 Å². The van der Waals surface area contributed by atoms with Gasteiger partial charge < -0.3 is 9.90 Å². The highest BCUT2D eigenvalue weighted by molar-refractivity contribution is 5.60. The SMILES string of the molecule is CC1=C(O)C(C=O)C(C)C1. The Morgan fingerprint density at radius 1 is 1.70 bits per heavy atom. The van der Waals surface area contributed by atoms with Crippen molar-refractivity contribution in [3.63, 3.8) is 0 Å². The molecule has 0 saturated heterocycles. The summed E-state index contributed by atoms with van der Waals surface area (Å²) in [5, 5.41) is 9.28. The Kier molecular flexibility index (Phi) is 1.79. The highest BCUT2D eigenvalue weighted by Crippen LogP contribution is 2.33. The molecule has 0 heterocycles. The molecule has 2 nitrogen and oxygen atoms in total. The molecule has 0 aromatic rings. The molecule has 0 fully saturated rings. The first kappa shape index (κ1) is 7.32. The molecule has 0 aromatic carbocycles. The van der Waals surface area contributed by atoms with E-state index in [4.69, 9.17) is 0 Å². The molecule has 0 aromatic heterocycles. The Balaban J connectivity index is 2.82. The number of rotatable bonds is 1. The molecule has 0 amide bonds. The topological polar surface area (TPSA) is 37.3 Å². The molecule has 0 bridgehead atoms. The number of hydrogen-bond donors (Lipinski definition) is 1. The fourth-order valence-electron chi connectivity index (χ4n) is 1.47. The minimum Gasteiger partial charge on any atom is -0.512 e. The molecular formula is C8H12O2. The van der Waals surface area contributed by atoms with Crippen LogP contribution in [0.4, 0.5) is 0 Å². The summed E-state index contributed by atoms with van der Waals surface area (Å²) in [4.78, 5) is 10.4. The van der Waals surface area contributed by atoms with Crippen LogP contribution in [0.1, 0.15) is 20.3 Å². The zero-order valence-corrected chi connectivity index (χ0v) is 6.29. The molecule has 1 aliphatic rings. The summed E-state index contributed by atoms with van der Waals surface area (Å²) in [6.45, 7) is 3.85. The van der Waals surface area contributed by atoms with E-state index in [2.05, 4.69) is 0 Å². The van der Waals surface area contributed by atoms with Crippen molar-refractivity contribution < 1.29 is 9.90 Å². The first-order chi connectivity index (χ1) is 4.66. The largest absolute Gasteiger partial charge is 0.512 e. The van der Waals surface area contributed by atoms with Gasteiger partial charge in [-0.25, -0.2) is 0 Å². The first-order valence-corrected chi connectivity index (χ1v) is 3.50. The van der Waals surface area contributed by atoms with Crippen LogP contribution in [-0.4, -0.2) is 11.4 Å². The van der Waals surface area contributed by atoms with Gasteiger partial charge in [-0.3, -0.25) is 0 Å². The van der Waals surface area contributed by atoms with E-state index in [1.165, 1.54) is 0 Å². The van der Waals surface area contributed by atoms with Crippen LogP contribution in [0.15, 0.2) is 11.3 Å². The zero-order chi connectivity index (χ0) is 7.72. The van der Waals surface area contributed by atoms with Crippen LogP contribution in [0.3, 0.4) is 0 Å². The lowest BCUT2D eigenvalue weighted by Gasteiger charge is -2.06. The van der Waals surface area contributed by atoms with Crippen molar-refractivity contribution in [2.75, 3.05) is 0 Å².